The van der Waals surface area contributed by atoms with Crippen LogP contribution in [-0.4, -0.2) is 0 Å². The van der Waals surface area contributed by atoms with Crippen LogP contribution in [0.15, 0.2) is 36.0 Å². The molecule has 0 radical (unpaired) electrons. The molecular weight excluding hydrogens is 192 g/mol. The minimum absolute atomic E-state index is 0.199. The van der Waals surface area contributed by atoms with Crippen molar-refractivity contribution >= 4 is 0 Å². The highest BCUT2D eigenvalue weighted by atomic mass is 14.3. The monoisotopic (exact) mass is 220 g/mol. The van der Waals surface area contributed by atoms with E-state index in [-0.39, 0.29) is 5.41 Å². The van der Waals surface area contributed by atoms with Gasteiger partial charge in [-0.25, -0.2) is 0 Å². The Hall–Kier alpha value is -0.780. The first-order valence-electron chi connectivity index (χ1n) is 6.54. The summed E-state index contributed by atoms with van der Waals surface area (Å²) >= 11 is 0. The van der Waals surface area contributed by atoms with Crippen molar-refractivity contribution < 1.29 is 0 Å². The predicted octanol–water partition coefficient (Wildman–Crippen LogP) is 5.67. The van der Waals surface area contributed by atoms with Crippen molar-refractivity contribution in [1.29, 1.82) is 0 Å². The summed E-state index contributed by atoms with van der Waals surface area (Å²) in [5, 5.41) is 0. The topological polar surface area (TPSA) is 0 Å². The molecule has 0 fully saturated rings. The van der Waals surface area contributed by atoms with Crippen LogP contribution in [-0.2, 0) is 0 Å². The van der Waals surface area contributed by atoms with Crippen LogP contribution in [0.1, 0.15) is 60.3 Å². The molecule has 0 spiro atoms. The van der Waals surface area contributed by atoms with Gasteiger partial charge in [-0.2, -0.15) is 0 Å². The quantitative estimate of drug-likeness (QED) is 0.383. The molecule has 0 saturated heterocycles. The zero-order valence-electron chi connectivity index (χ0n) is 11.8. The molecule has 0 heteroatoms. The minimum Gasteiger partial charge on any atom is -0.0992 e. The summed E-state index contributed by atoms with van der Waals surface area (Å²) in [6.07, 6.45) is 11.5. The molecule has 0 aliphatic heterocycles. The summed E-state index contributed by atoms with van der Waals surface area (Å²) in [6.45, 7) is 15.2. The van der Waals surface area contributed by atoms with Gasteiger partial charge in [-0.15, -0.1) is 0 Å². The van der Waals surface area contributed by atoms with Gasteiger partial charge in [0.15, 0.2) is 0 Å². The molecule has 0 N–H and O–H groups in total. The van der Waals surface area contributed by atoms with E-state index in [0.717, 1.165) is 0 Å². The molecule has 16 heavy (non-hydrogen) atoms. The summed E-state index contributed by atoms with van der Waals surface area (Å²) in [5.41, 5.74) is 2.94. The fourth-order valence-corrected chi connectivity index (χ4v) is 2.65. The van der Waals surface area contributed by atoms with Gasteiger partial charge in [0.05, 0.1) is 0 Å². The van der Waals surface area contributed by atoms with Crippen LogP contribution in [0.5, 0.6) is 0 Å². The Bertz CT molecular complexity index is 260. The SMILES string of the molecule is C=C(C)C(CCC)(CCC)C(/C=C\C)=C/C. The van der Waals surface area contributed by atoms with E-state index in [1.54, 1.807) is 0 Å². The highest BCUT2D eigenvalue weighted by molar-refractivity contribution is 5.34. The summed E-state index contributed by atoms with van der Waals surface area (Å²) in [7, 11) is 0. The third-order valence-electron chi connectivity index (χ3n) is 3.38. The second kappa shape index (κ2) is 7.49. The number of allylic oxidation sites excluding steroid dienone is 5. The summed E-state index contributed by atoms with van der Waals surface area (Å²) in [5.74, 6) is 0. The van der Waals surface area contributed by atoms with Crippen molar-refractivity contribution in [2.45, 2.75) is 60.3 Å². The van der Waals surface area contributed by atoms with Gasteiger partial charge >= 0.3 is 0 Å². The van der Waals surface area contributed by atoms with Gasteiger partial charge < -0.3 is 0 Å². The minimum atomic E-state index is 0.199. The Labute approximate surface area is 102 Å². The lowest BCUT2D eigenvalue weighted by Crippen LogP contribution is -2.23. The van der Waals surface area contributed by atoms with Gasteiger partial charge in [-0.3, -0.25) is 0 Å². The first-order valence-corrected chi connectivity index (χ1v) is 6.54. The summed E-state index contributed by atoms with van der Waals surface area (Å²) in [4.78, 5) is 0. The van der Waals surface area contributed by atoms with E-state index >= 15 is 0 Å². The second-order valence-electron chi connectivity index (χ2n) is 4.61. The number of hydrogen-bond acceptors (Lipinski definition) is 0. The average molecular weight is 220 g/mol. The van der Waals surface area contributed by atoms with Crippen LogP contribution < -0.4 is 0 Å². The normalized spacial score (nSPS) is 13.4. The summed E-state index contributed by atoms with van der Waals surface area (Å²) < 4.78 is 0. The highest BCUT2D eigenvalue weighted by Gasteiger charge is 2.31. The van der Waals surface area contributed by atoms with Crippen molar-refractivity contribution in [2.75, 3.05) is 0 Å². The molecule has 0 saturated carbocycles. The van der Waals surface area contributed by atoms with E-state index in [9.17, 15) is 0 Å². The van der Waals surface area contributed by atoms with E-state index < -0.39 is 0 Å². The Morgan fingerprint density at radius 1 is 1.12 bits per heavy atom. The van der Waals surface area contributed by atoms with E-state index in [1.807, 2.05) is 0 Å². The van der Waals surface area contributed by atoms with Crippen molar-refractivity contribution in [3.8, 4) is 0 Å². The smallest absolute Gasteiger partial charge is 0.0152 e. The summed E-state index contributed by atoms with van der Waals surface area (Å²) in [6, 6.07) is 0. The van der Waals surface area contributed by atoms with Gasteiger partial charge in [0.1, 0.15) is 0 Å². The lowest BCUT2D eigenvalue weighted by Gasteiger charge is -2.36. The van der Waals surface area contributed by atoms with Gasteiger partial charge in [0, 0.05) is 5.41 Å². The van der Waals surface area contributed by atoms with E-state index in [1.165, 1.54) is 36.8 Å². The van der Waals surface area contributed by atoms with E-state index in [4.69, 9.17) is 0 Å². The number of hydrogen-bond donors (Lipinski definition) is 0. The standard InChI is InChI=1S/C16H28/c1-7-11-15(10-4)16(12-8-2,13-9-3)14(5)6/h7,10-11H,5,8-9,12-13H2,1-4,6H3/b11-7-,15-10+. The molecular formula is C16H28. The fraction of sp³-hybridized carbons (Fsp3) is 0.625. The van der Waals surface area contributed by atoms with Crippen LogP contribution in [0.3, 0.4) is 0 Å². The first-order chi connectivity index (χ1) is 7.58. The molecule has 0 rings (SSSR count). The van der Waals surface area contributed by atoms with Crippen LogP contribution in [0.4, 0.5) is 0 Å². The third-order valence-corrected chi connectivity index (χ3v) is 3.38. The first kappa shape index (κ1) is 15.2. The van der Waals surface area contributed by atoms with Crippen LogP contribution >= 0.6 is 0 Å². The van der Waals surface area contributed by atoms with Gasteiger partial charge in [0.25, 0.3) is 0 Å². The molecule has 0 atom stereocenters. The number of rotatable bonds is 7. The predicted molar refractivity (Wildman–Crippen MR) is 75.6 cm³/mol. The average Bonchev–Trinajstić information content (AvgIpc) is 2.25. The van der Waals surface area contributed by atoms with Crippen molar-refractivity contribution in [3.63, 3.8) is 0 Å². The molecule has 0 aromatic carbocycles. The van der Waals surface area contributed by atoms with Crippen molar-refractivity contribution in [1.82, 2.24) is 0 Å². The molecule has 0 aliphatic carbocycles. The van der Waals surface area contributed by atoms with Gasteiger partial charge in [0.2, 0.25) is 0 Å². The van der Waals surface area contributed by atoms with Crippen LogP contribution in [0.25, 0.3) is 0 Å². The molecule has 0 unspecified atom stereocenters. The lowest BCUT2D eigenvalue weighted by molar-refractivity contribution is 0.363. The molecule has 0 aliphatic rings. The Morgan fingerprint density at radius 2 is 1.62 bits per heavy atom. The Morgan fingerprint density at radius 3 is 1.88 bits per heavy atom. The Balaban J connectivity index is 5.38. The lowest BCUT2D eigenvalue weighted by atomic mass is 9.68. The van der Waals surface area contributed by atoms with E-state index in [2.05, 4.69) is 59.4 Å². The van der Waals surface area contributed by atoms with Crippen molar-refractivity contribution in [3.05, 3.63) is 36.0 Å². The Kier molecular flexibility index (Phi) is 7.12. The van der Waals surface area contributed by atoms with Gasteiger partial charge in [-0.1, -0.05) is 57.1 Å². The maximum absolute atomic E-state index is 4.24. The molecule has 0 aromatic heterocycles. The maximum Gasteiger partial charge on any atom is 0.0152 e. The van der Waals surface area contributed by atoms with Crippen LogP contribution in [0.2, 0.25) is 0 Å². The fourth-order valence-electron chi connectivity index (χ4n) is 2.65. The second-order valence-corrected chi connectivity index (χ2v) is 4.61. The largest absolute Gasteiger partial charge is 0.0992 e. The molecule has 92 valence electrons. The van der Waals surface area contributed by atoms with E-state index in [0.29, 0.717) is 0 Å². The van der Waals surface area contributed by atoms with Crippen LogP contribution in [0, 0.1) is 5.41 Å². The maximum atomic E-state index is 4.24. The van der Waals surface area contributed by atoms with Crippen molar-refractivity contribution in [2.24, 2.45) is 5.41 Å². The molecule has 0 heterocycles. The molecule has 0 bridgehead atoms. The zero-order chi connectivity index (χ0) is 12.6. The molecule has 0 amide bonds. The zero-order valence-corrected chi connectivity index (χ0v) is 11.8. The van der Waals surface area contributed by atoms with Gasteiger partial charge in [-0.05, 0) is 39.2 Å². The third kappa shape index (κ3) is 3.37. The molecule has 0 nitrogen and oxygen atoms in total. The molecule has 0 aromatic rings. The highest BCUT2D eigenvalue weighted by Crippen LogP contribution is 2.44.